The van der Waals surface area contributed by atoms with Crippen LogP contribution in [0.2, 0.25) is 0 Å². The number of fused-ring (bicyclic) bond motifs is 1. The van der Waals surface area contributed by atoms with E-state index in [4.69, 9.17) is 9.47 Å². The van der Waals surface area contributed by atoms with Crippen LogP contribution in [0.3, 0.4) is 0 Å². The van der Waals surface area contributed by atoms with Crippen molar-refractivity contribution in [2.45, 2.75) is 0 Å². The second-order valence-electron chi connectivity index (χ2n) is 6.28. The molecule has 4 heteroatoms. The molecule has 0 unspecified atom stereocenters. The maximum atomic E-state index is 12.6. The predicted molar refractivity (Wildman–Crippen MR) is 114 cm³/mol. The third kappa shape index (κ3) is 4.24. The molecule has 1 heterocycles. The molecule has 0 fully saturated rings. The van der Waals surface area contributed by atoms with Crippen LogP contribution in [-0.4, -0.2) is 12.4 Å². The van der Waals surface area contributed by atoms with E-state index in [0.29, 0.717) is 29.4 Å². The van der Waals surface area contributed by atoms with Gasteiger partial charge in [0.15, 0.2) is 5.76 Å². The molecule has 4 rings (SSSR count). The Labute approximate surface area is 172 Å². The molecule has 1 aliphatic rings. The first-order chi connectivity index (χ1) is 13.7. The molecule has 0 N–H and O–H groups in total. The van der Waals surface area contributed by atoms with Crippen molar-refractivity contribution >= 4 is 33.9 Å². The van der Waals surface area contributed by atoms with Gasteiger partial charge >= 0.3 is 0 Å². The van der Waals surface area contributed by atoms with E-state index in [-0.39, 0.29) is 5.78 Å². The van der Waals surface area contributed by atoms with E-state index < -0.39 is 0 Å². The normalized spacial score (nSPS) is 14.3. The minimum Gasteiger partial charge on any atom is -0.489 e. The molecular formula is C24H17BrO3. The molecule has 0 atom stereocenters. The first-order valence-electron chi connectivity index (χ1n) is 8.87. The second kappa shape index (κ2) is 8.28. The van der Waals surface area contributed by atoms with Gasteiger partial charge in [-0.15, -0.1) is 0 Å². The van der Waals surface area contributed by atoms with Crippen LogP contribution in [0.5, 0.6) is 11.5 Å². The van der Waals surface area contributed by atoms with Crippen LogP contribution in [-0.2, 0) is 0 Å². The number of allylic oxidation sites excluding steroid dienone is 1. The molecule has 0 aliphatic carbocycles. The summed E-state index contributed by atoms with van der Waals surface area (Å²) in [5.74, 6) is 1.38. The summed E-state index contributed by atoms with van der Waals surface area (Å²) >= 11 is 3.43. The number of hydrogen-bond acceptors (Lipinski definition) is 3. The summed E-state index contributed by atoms with van der Waals surface area (Å²) in [4.78, 5) is 12.6. The van der Waals surface area contributed by atoms with Crippen LogP contribution in [0.1, 0.15) is 21.5 Å². The van der Waals surface area contributed by atoms with Gasteiger partial charge in [-0.05, 0) is 47.5 Å². The summed E-state index contributed by atoms with van der Waals surface area (Å²) in [6, 6.07) is 23.0. The highest BCUT2D eigenvalue weighted by atomic mass is 79.9. The van der Waals surface area contributed by atoms with Crippen molar-refractivity contribution in [3.05, 3.63) is 106 Å². The van der Waals surface area contributed by atoms with Gasteiger partial charge in [0, 0.05) is 10.5 Å². The lowest BCUT2D eigenvalue weighted by Gasteiger charge is -2.04. The lowest BCUT2D eigenvalue weighted by Crippen LogP contribution is -1.98. The van der Waals surface area contributed by atoms with E-state index in [2.05, 4.69) is 15.9 Å². The number of rotatable bonds is 5. The van der Waals surface area contributed by atoms with Gasteiger partial charge in [-0.1, -0.05) is 64.5 Å². The number of carbonyl (C=O) groups excluding carboxylic acids is 1. The Morgan fingerprint density at radius 3 is 2.57 bits per heavy atom. The third-order valence-corrected chi connectivity index (χ3v) is 4.74. The lowest BCUT2D eigenvalue weighted by molar-refractivity contribution is 0.101. The number of halogens is 1. The second-order valence-corrected chi connectivity index (χ2v) is 7.19. The number of Topliss-reactive ketones (excluding diaryl/α,β-unsaturated/α-hetero) is 1. The van der Waals surface area contributed by atoms with Gasteiger partial charge in [0.2, 0.25) is 5.78 Å². The van der Waals surface area contributed by atoms with Gasteiger partial charge < -0.3 is 9.47 Å². The molecule has 3 nitrogen and oxygen atoms in total. The van der Waals surface area contributed by atoms with E-state index in [1.54, 1.807) is 24.3 Å². The monoisotopic (exact) mass is 432 g/mol. The fraction of sp³-hybridized carbons (Fsp3) is 0.0417. The van der Waals surface area contributed by atoms with Crippen molar-refractivity contribution in [2.24, 2.45) is 0 Å². The Morgan fingerprint density at radius 2 is 1.75 bits per heavy atom. The van der Waals surface area contributed by atoms with Crippen LogP contribution in [0.25, 0.3) is 12.2 Å². The molecule has 3 aromatic rings. The van der Waals surface area contributed by atoms with Crippen LogP contribution >= 0.6 is 15.9 Å². The third-order valence-electron chi connectivity index (χ3n) is 4.24. The molecule has 1 aliphatic heterocycles. The van der Waals surface area contributed by atoms with Crippen molar-refractivity contribution in [3.8, 4) is 11.5 Å². The van der Waals surface area contributed by atoms with Crippen molar-refractivity contribution in [1.82, 2.24) is 0 Å². The Balaban J connectivity index is 1.44. The summed E-state index contributed by atoms with van der Waals surface area (Å²) in [6.07, 6.45) is 5.70. The van der Waals surface area contributed by atoms with E-state index in [9.17, 15) is 4.79 Å². The number of ketones is 1. The quantitative estimate of drug-likeness (QED) is 0.453. The Bertz CT molecular complexity index is 1070. The number of hydrogen-bond donors (Lipinski definition) is 0. The van der Waals surface area contributed by atoms with Gasteiger partial charge in [0.25, 0.3) is 0 Å². The summed E-state index contributed by atoms with van der Waals surface area (Å²) in [5, 5.41) is 0. The highest BCUT2D eigenvalue weighted by molar-refractivity contribution is 9.10. The van der Waals surface area contributed by atoms with E-state index >= 15 is 0 Å². The molecule has 0 radical (unpaired) electrons. The topological polar surface area (TPSA) is 35.5 Å². The lowest BCUT2D eigenvalue weighted by atomic mass is 10.1. The number of ether oxygens (including phenoxy) is 2. The van der Waals surface area contributed by atoms with Crippen molar-refractivity contribution in [2.75, 3.05) is 6.61 Å². The maximum Gasteiger partial charge on any atom is 0.231 e. The molecule has 28 heavy (non-hydrogen) atoms. The Morgan fingerprint density at radius 1 is 0.929 bits per heavy atom. The molecule has 0 saturated heterocycles. The molecule has 3 aromatic carbocycles. The van der Waals surface area contributed by atoms with E-state index in [1.807, 2.05) is 66.7 Å². The highest BCUT2D eigenvalue weighted by Crippen LogP contribution is 2.35. The smallest absolute Gasteiger partial charge is 0.231 e. The highest BCUT2D eigenvalue weighted by Gasteiger charge is 2.27. The summed E-state index contributed by atoms with van der Waals surface area (Å²) < 4.78 is 12.5. The van der Waals surface area contributed by atoms with Crippen LogP contribution in [0.4, 0.5) is 0 Å². The molecule has 0 aromatic heterocycles. The van der Waals surface area contributed by atoms with Gasteiger partial charge in [0.05, 0.1) is 5.56 Å². The predicted octanol–water partition coefficient (Wildman–Crippen LogP) is 6.16. The molecule has 0 spiro atoms. The fourth-order valence-electron chi connectivity index (χ4n) is 2.90. The SMILES string of the molecule is O=C1C(=Cc2cccc(Br)c2)Oc2cc(OCC=Cc3ccccc3)ccc21. The molecular weight excluding hydrogens is 416 g/mol. The molecule has 0 bridgehead atoms. The first-order valence-corrected chi connectivity index (χ1v) is 9.66. The number of carbonyl (C=O) groups is 1. The molecule has 0 amide bonds. The zero-order chi connectivity index (χ0) is 19.3. The Kier molecular flexibility index (Phi) is 5.40. The average Bonchev–Trinajstić information content (AvgIpc) is 3.01. The summed E-state index contributed by atoms with van der Waals surface area (Å²) in [6.45, 7) is 0.433. The minimum atomic E-state index is -0.120. The van der Waals surface area contributed by atoms with Gasteiger partial charge in [0.1, 0.15) is 18.1 Å². The minimum absolute atomic E-state index is 0.120. The van der Waals surface area contributed by atoms with Crippen LogP contribution in [0.15, 0.2) is 89.1 Å². The number of benzene rings is 3. The molecule has 138 valence electrons. The van der Waals surface area contributed by atoms with Crippen molar-refractivity contribution in [1.29, 1.82) is 0 Å². The van der Waals surface area contributed by atoms with Crippen molar-refractivity contribution in [3.63, 3.8) is 0 Å². The zero-order valence-electron chi connectivity index (χ0n) is 15.0. The summed E-state index contributed by atoms with van der Waals surface area (Å²) in [7, 11) is 0. The summed E-state index contributed by atoms with van der Waals surface area (Å²) in [5.41, 5.74) is 2.57. The van der Waals surface area contributed by atoms with Crippen LogP contribution < -0.4 is 9.47 Å². The largest absolute Gasteiger partial charge is 0.489 e. The van der Waals surface area contributed by atoms with Crippen molar-refractivity contribution < 1.29 is 14.3 Å². The standard InChI is InChI=1S/C24H17BrO3/c25-19-10-4-8-18(14-19)15-23-24(26)21-12-11-20(16-22(21)28-23)27-13-5-9-17-6-2-1-3-7-17/h1-12,14-16H,13H2. The van der Waals surface area contributed by atoms with Gasteiger partial charge in [-0.3, -0.25) is 4.79 Å². The fourth-order valence-corrected chi connectivity index (χ4v) is 3.31. The Hall–Kier alpha value is -3.11. The van der Waals surface area contributed by atoms with Crippen LogP contribution in [0, 0.1) is 0 Å². The van der Waals surface area contributed by atoms with Gasteiger partial charge in [-0.25, -0.2) is 0 Å². The molecule has 0 saturated carbocycles. The maximum absolute atomic E-state index is 12.6. The van der Waals surface area contributed by atoms with E-state index in [0.717, 1.165) is 15.6 Å². The van der Waals surface area contributed by atoms with E-state index in [1.165, 1.54) is 0 Å². The van der Waals surface area contributed by atoms with Gasteiger partial charge in [-0.2, -0.15) is 0 Å². The zero-order valence-corrected chi connectivity index (χ0v) is 16.6. The first kappa shape index (κ1) is 18.3. The average molecular weight is 433 g/mol.